The third-order valence-electron chi connectivity index (χ3n) is 6.64. The van der Waals surface area contributed by atoms with Crippen LogP contribution in [0, 0.1) is 6.92 Å². The van der Waals surface area contributed by atoms with E-state index in [-0.39, 0.29) is 17.8 Å². The molecule has 4 aromatic rings. The molecule has 0 saturated heterocycles. The van der Waals surface area contributed by atoms with Crippen molar-refractivity contribution in [3.63, 3.8) is 0 Å². The van der Waals surface area contributed by atoms with Gasteiger partial charge in [0.25, 0.3) is 5.91 Å². The zero-order chi connectivity index (χ0) is 25.6. The van der Waals surface area contributed by atoms with Crippen LogP contribution >= 0.6 is 0 Å². The second-order valence-corrected chi connectivity index (χ2v) is 9.24. The lowest BCUT2D eigenvalue weighted by Crippen LogP contribution is -2.47. The smallest absolute Gasteiger partial charge is 0.339 e. The summed E-state index contributed by atoms with van der Waals surface area (Å²) >= 11 is 0. The monoisotopic (exact) mass is 490 g/mol. The van der Waals surface area contributed by atoms with Crippen LogP contribution in [0.4, 0.5) is 0 Å². The molecule has 0 saturated carbocycles. The summed E-state index contributed by atoms with van der Waals surface area (Å²) in [5.41, 5.74) is 3.80. The molecule has 9 heteroatoms. The zero-order valence-corrected chi connectivity index (χ0v) is 19.9. The minimum absolute atomic E-state index is 0.0172. The number of amides is 1. The molecule has 0 aliphatic heterocycles. The largest absolute Gasteiger partial charge is 0.508 e. The Labute approximate surface area is 205 Å². The summed E-state index contributed by atoms with van der Waals surface area (Å²) in [5, 5.41) is 23.5. The predicted octanol–water partition coefficient (Wildman–Crippen LogP) is 3.36. The molecule has 2 atom stereocenters. The molecule has 5 rings (SSSR count). The molecule has 4 N–H and O–H groups in total. The maximum atomic E-state index is 13.0. The number of benzene rings is 2. The van der Waals surface area contributed by atoms with Crippen LogP contribution in [-0.2, 0) is 28.9 Å². The second kappa shape index (κ2) is 9.07. The van der Waals surface area contributed by atoms with E-state index < -0.39 is 24.0 Å². The van der Waals surface area contributed by atoms with Crippen LogP contribution in [0.15, 0.2) is 45.7 Å². The number of carboxylic acid groups (broad SMARTS) is 1. The standard InChI is InChI=1S/C27H26N2O7/c1-13-8-22(24-17-4-3-5-18(17)27(34)36-23(24)9-13)35-14(2)25(31)29-21(26(32)33)10-15-12-28-20-7-6-16(30)11-19(15)20/h6-9,11-12,14,21,28,30H,3-5,10H2,1-2H3,(H,29,31)(H,32,33). The van der Waals surface area contributed by atoms with Crippen molar-refractivity contribution >= 4 is 33.7 Å². The number of hydrogen-bond acceptors (Lipinski definition) is 6. The quantitative estimate of drug-likeness (QED) is 0.291. The van der Waals surface area contributed by atoms with Crippen molar-refractivity contribution in [1.82, 2.24) is 10.3 Å². The van der Waals surface area contributed by atoms with Crippen molar-refractivity contribution in [1.29, 1.82) is 0 Å². The first kappa shape index (κ1) is 23.5. The van der Waals surface area contributed by atoms with Crippen LogP contribution in [0.2, 0.25) is 0 Å². The number of aromatic nitrogens is 1. The van der Waals surface area contributed by atoms with E-state index in [0.717, 1.165) is 29.5 Å². The minimum atomic E-state index is -1.21. The summed E-state index contributed by atoms with van der Waals surface area (Å²) in [6.07, 6.45) is 2.88. The molecule has 9 nitrogen and oxygen atoms in total. The van der Waals surface area contributed by atoms with E-state index in [0.29, 0.717) is 39.7 Å². The van der Waals surface area contributed by atoms with Crippen LogP contribution < -0.4 is 15.7 Å². The number of aryl methyl sites for hydroxylation is 2. The number of carboxylic acids is 1. The molecule has 2 aromatic heterocycles. The van der Waals surface area contributed by atoms with Crippen molar-refractivity contribution < 1.29 is 29.0 Å². The van der Waals surface area contributed by atoms with E-state index >= 15 is 0 Å². The van der Waals surface area contributed by atoms with Gasteiger partial charge in [0.2, 0.25) is 0 Å². The normalized spacial score (nSPS) is 14.5. The number of phenolic OH excluding ortho intramolecular Hbond substituents is 1. The van der Waals surface area contributed by atoms with Gasteiger partial charge in [-0.25, -0.2) is 9.59 Å². The van der Waals surface area contributed by atoms with E-state index in [4.69, 9.17) is 9.15 Å². The van der Waals surface area contributed by atoms with Crippen molar-refractivity contribution in [3.8, 4) is 11.5 Å². The maximum Gasteiger partial charge on any atom is 0.339 e. The van der Waals surface area contributed by atoms with E-state index in [1.54, 1.807) is 37.4 Å². The SMILES string of the molecule is Cc1cc(OC(C)C(=O)NC(Cc2c[nH]c3ccc(O)cc23)C(=O)O)c2c3c(c(=O)oc2c1)CCC3. The Morgan fingerprint density at radius 2 is 1.97 bits per heavy atom. The zero-order valence-electron chi connectivity index (χ0n) is 19.9. The number of aromatic hydroxyl groups is 1. The number of phenols is 1. The molecule has 1 amide bonds. The van der Waals surface area contributed by atoms with Gasteiger partial charge in [-0.3, -0.25) is 4.79 Å². The average molecular weight is 491 g/mol. The number of carbonyl (C=O) groups is 2. The Hall–Kier alpha value is -4.27. The average Bonchev–Trinajstić information content (AvgIpc) is 3.46. The minimum Gasteiger partial charge on any atom is -0.508 e. The van der Waals surface area contributed by atoms with E-state index in [9.17, 15) is 24.6 Å². The fraction of sp³-hybridized carbons (Fsp3) is 0.296. The first-order chi connectivity index (χ1) is 17.2. The Bertz CT molecular complexity index is 1570. The molecule has 2 heterocycles. The Morgan fingerprint density at radius 1 is 1.19 bits per heavy atom. The van der Waals surface area contributed by atoms with E-state index in [1.165, 1.54) is 6.07 Å². The Kier molecular flexibility index (Phi) is 5.91. The highest BCUT2D eigenvalue weighted by Crippen LogP contribution is 2.35. The molecule has 0 spiro atoms. The number of H-pyrrole nitrogens is 1. The van der Waals surface area contributed by atoms with Crippen LogP contribution in [0.3, 0.4) is 0 Å². The van der Waals surface area contributed by atoms with Gasteiger partial charge in [0.05, 0.1) is 5.39 Å². The number of carbonyl (C=O) groups excluding carboxylic acids is 1. The molecule has 1 aliphatic rings. The van der Waals surface area contributed by atoms with Gasteiger partial charge >= 0.3 is 11.6 Å². The summed E-state index contributed by atoms with van der Waals surface area (Å²) in [5.74, 6) is -1.29. The number of hydrogen-bond donors (Lipinski definition) is 4. The predicted molar refractivity (Wildman–Crippen MR) is 133 cm³/mol. The molecular weight excluding hydrogens is 464 g/mol. The number of rotatable bonds is 7. The van der Waals surface area contributed by atoms with Gasteiger partial charge in [0.1, 0.15) is 23.1 Å². The van der Waals surface area contributed by atoms with E-state index in [1.807, 2.05) is 6.92 Å². The number of aliphatic carboxylic acids is 1. The highest BCUT2D eigenvalue weighted by Gasteiger charge is 2.27. The van der Waals surface area contributed by atoms with Crippen LogP contribution in [0.1, 0.15) is 35.6 Å². The molecule has 0 radical (unpaired) electrons. The number of ether oxygens (including phenoxy) is 1. The fourth-order valence-corrected chi connectivity index (χ4v) is 4.89. The van der Waals surface area contributed by atoms with Gasteiger partial charge < -0.3 is 29.7 Å². The summed E-state index contributed by atoms with van der Waals surface area (Å²) in [4.78, 5) is 40.4. The summed E-state index contributed by atoms with van der Waals surface area (Å²) in [6.45, 7) is 3.38. The number of fused-ring (bicyclic) bond motifs is 4. The highest BCUT2D eigenvalue weighted by molar-refractivity contribution is 5.91. The van der Waals surface area contributed by atoms with Gasteiger partial charge in [-0.2, -0.15) is 0 Å². The van der Waals surface area contributed by atoms with Crippen LogP contribution in [0.25, 0.3) is 21.9 Å². The van der Waals surface area contributed by atoms with Gasteiger partial charge in [-0.1, -0.05) is 0 Å². The summed E-state index contributed by atoms with van der Waals surface area (Å²) in [6, 6.07) is 7.13. The summed E-state index contributed by atoms with van der Waals surface area (Å²) < 4.78 is 11.6. The van der Waals surface area contributed by atoms with Crippen molar-refractivity contribution in [2.45, 2.75) is 51.7 Å². The molecule has 2 aromatic carbocycles. The third-order valence-corrected chi connectivity index (χ3v) is 6.64. The first-order valence-electron chi connectivity index (χ1n) is 11.8. The molecule has 186 valence electrons. The Balaban J connectivity index is 1.38. The van der Waals surface area contributed by atoms with Gasteiger partial charge in [0, 0.05) is 29.1 Å². The molecule has 36 heavy (non-hydrogen) atoms. The Morgan fingerprint density at radius 3 is 2.75 bits per heavy atom. The number of nitrogens with one attached hydrogen (secondary N) is 2. The van der Waals surface area contributed by atoms with Gasteiger partial charge in [0.15, 0.2) is 6.10 Å². The van der Waals surface area contributed by atoms with Gasteiger partial charge in [-0.15, -0.1) is 0 Å². The molecular formula is C27H26N2O7. The highest BCUT2D eigenvalue weighted by atomic mass is 16.5. The topological polar surface area (TPSA) is 142 Å². The van der Waals surface area contributed by atoms with Crippen molar-refractivity contribution in [3.05, 3.63) is 69.2 Å². The lowest BCUT2D eigenvalue weighted by atomic mass is 10.0. The third kappa shape index (κ3) is 4.28. The summed E-state index contributed by atoms with van der Waals surface area (Å²) in [7, 11) is 0. The fourth-order valence-electron chi connectivity index (χ4n) is 4.89. The lowest BCUT2D eigenvalue weighted by Gasteiger charge is -2.20. The van der Waals surface area contributed by atoms with Crippen molar-refractivity contribution in [2.75, 3.05) is 0 Å². The second-order valence-electron chi connectivity index (χ2n) is 9.24. The maximum absolute atomic E-state index is 13.0. The molecule has 0 fully saturated rings. The number of aromatic amines is 1. The lowest BCUT2D eigenvalue weighted by molar-refractivity contribution is -0.142. The van der Waals surface area contributed by atoms with Crippen molar-refractivity contribution in [2.24, 2.45) is 0 Å². The molecule has 0 bridgehead atoms. The van der Waals surface area contributed by atoms with Crippen LogP contribution in [-0.4, -0.2) is 39.2 Å². The van der Waals surface area contributed by atoms with E-state index in [2.05, 4.69) is 10.3 Å². The van der Waals surface area contributed by atoms with Gasteiger partial charge in [-0.05, 0) is 80.1 Å². The van der Waals surface area contributed by atoms with Crippen LogP contribution in [0.5, 0.6) is 11.5 Å². The molecule has 2 unspecified atom stereocenters. The first-order valence-corrected chi connectivity index (χ1v) is 11.8. The molecule has 1 aliphatic carbocycles.